The maximum atomic E-state index is 6.07. The van der Waals surface area contributed by atoms with Crippen molar-refractivity contribution in [3.05, 3.63) is 71.4 Å². The Morgan fingerprint density at radius 2 is 1.92 bits per heavy atom. The van der Waals surface area contributed by atoms with Crippen LogP contribution < -0.4 is 5.32 Å². The monoisotopic (exact) mass is 355 g/mol. The molecular formula is C19H18ClN3S. The highest BCUT2D eigenvalue weighted by Crippen LogP contribution is 2.30. The third-order valence-electron chi connectivity index (χ3n) is 4.16. The predicted octanol–water partition coefficient (Wildman–Crippen LogP) is 4.40. The molecule has 1 aromatic heterocycles. The Hall–Kier alpha value is -1.75. The highest BCUT2D eigenvalue weighted by Gasteiger charge is 2.20. The molecule has 3 nitrogen and oxygen atoms in total. The fraction of sp³-hybridized carbons (Fsp3) is 0.211. The van der Waals surface area contributed by atoms with Crippen LogP contribution in [0.2, 0.25) is 5.02 Å². The normalized spacial score (nSPS) is 17.3. The quantitative estimate of drug-likeness (QED) is 0.752. The van der Waals surface area contributed by atoms with E-state index in [0.29, 0.717) is 5.37 Å². The molecule has 1 unspecified atom stereocenters. The van der Waals surface area contributed by atoms with Crippen LogP contribution in [-0.2, 0) is 6.42 Å². The summed E-state index contributed by atoms with van der Waals surface area (Å²) in [6.45, 7) is 1.08. The fourth-order valence-corrected chi connectivity index (χ4v) is 4.20. The van der Waals surface area contributed by atoms with Gasteiger partial charge in [-0.25, -0.2) is 4.68 Å². The van der Waals surface area contributed by atoms with E-state index in [1.807, 2.05) is 53.0 Å². The molecule has 0 spiro atoms. The zero-order chi connectivity index (χ0) is 16.4. The van der Waals surface area contributed by atoms with E-state index in [2.05, 4.69) is 34.7 Å². The van der Waals surface area contributed by atoms with Gasteiger partial charge in [-0.15, -0.1) is 11.8 Å². The lowest BCUT2D eigenvalue weighted by Crippen LogP contribution is -2.21. The average Bonchev–Trinajstić information content (AvgIpc) is 3.27. The summed E-state index contributed by atoms with van der Waals surface area (Å²) in [5.74, 6) is 1.17. The maximum Gasteiger partial charge on any atom is 0.0773 e. The molecule has 1 saturated heterocycles. The molecule has 0 saturated carbocycles. The fourth-order valence-electron chi connectivity index (χ4n) is 3.02. The molecule has 4 rings (SSSR count). The van der Waals surface area contributed by atoms with E-state index in [1.165, 1.54) is 11.3 Å². The number of aromatic nitrogens is 2. The van der Waals surface area contributed by atoms with E-state index in [1.54, 1.807) is 0 Å². The minimum absolute atomic E-state index is 0.462. The molecule has 24 heavy (non-hydrogen) atoms. The van der Waals surface area contributed by atoms with Crippen molar-refractivity contribution in [2.24, 2.45) is 0 Å². The number of halogens is 1. The lowest BCUT2D eigenvalue weighted by atomic mass is 10.1. The largest absolute Gasteiger partial charge is 0.304 e. The number of benzene rings is 2. The highest BCUT2D eigenvalue weighted by molar-refractivity contribution is 8.00. The Labute approximate surface area is 151 Å². The molecule has 0 amide bonds. The molecule has 122 valence electrons. The lowest BCUT2D eigenvalue weighted by molar-refractivity contribution is 0.708. The van der Waals surface area contributed by atoms with Gasteiger partial charge in [0.05, 0.1) is 23.0 Å². The Balaban J connectivity index is 1.79. The Morgan fingerprint density at radius 3 is 2.62 bits per heavy atom. The van der Waals surface area contributed by atoms with Crippen LogP contribution in [-0.4, -0.2) is 27.5 Å². The van der Waals surface area contributed by atoms with Gasteiger partial charge in [0, 0.05) is 34.9 Å². The van der Waals surface area contributed by atoms with E-state index in [-0.39, 0.29) is 0 Å². The van der Waals surface area contributed by atoms with Crippen molar-refractivity contribution in [2.45, 2.75) is 11.8 Å². The van der Waals surface area contributed by atoms with Gasteiger partial charge in [0.1, 0.15) is 0 Å². The summed E-state index contributed by atoms with van der Waals surface area (Å²) >= 11 is 8.05. The second kappa shape index (κ2) is 7.01. The Morgan fingerprint density at radius 1 is 1.12 bits per heavy atom. The first-order valence-corrected chi connectivity index (χ1v) is 9.47. The van der Waals surface area contributed by atoms with Crippen LogP contribution in [0.15, 0.2) is 60.8 Å². The topological polar surface area (TPSA) is 29.9 Å². The first kappa shape index (κ1) is 15.8. The summed E-state index contributed by atoms with van der Waals surface area (Å²) < 4.78 is 2.03. The number of nitrogens with zero attached hydrogens (tertiary/aromatic N) is 2. The van der Waals surface area contributed by atoms with Crippen molar-refractivity contribution in [3.8, 4) is 16.9 Å². The zero-order valence-electron chi connectivity index (χ0n) is 13.2. The second-order valence-electron chi connectivity index (χ2n) is 5.79. The summed E-state index contributed by atoms with van der Waals surface area (Å²) in [5, 5.41) is 9.43. The standard InChI is InChI=1S/C19H18ClN3S/c20-16-8-6-14(7-9-16)19-15(12-18-21-10-11-24-18)13-22-23(19)17-4-2-1-3-5-17/h1-9,13,18,21H,10-12H2. The van der Waals surface area contributed by atoms with E-state index < -0.39 is 0 Å². The van der Waals surface area contributed by atoms with E-state index in [9.17, 15) is 0 Å². The highest BCUT2D eigenvalue weighted by atomic mass is 35.5. The van der Waals surface area contributed by atoms with Gasteiger partial charge in [-0.2, -0.15) is 5.10 Å². The number of rotatable bonds is 4. The number of hydrogen-bond donors (Lipinski definition) is 1. The van der Waals surface area contributed by atoms with Crippen LogP contribution in [0.4, 0.5) is 0 Å². The smallest absolute Gasteiger partial charge is 0.0773 e. The van der Waals surface area contributed by atoms with Gasteiger partial charge in [-0.1, -0.05) is 41.9 Å². The maximum absolute atomic E-state index is 6.07. The third-order valence-corrected chi connectivity index (χ3v) is 5.59. The molecule has 0 radical (unpaired) electrons. The van der Waals surface area contributed by atoms with Crippen molar-refractivity contribution < 1.29 is 0 Å². The molecule has 1 atom stereocenters. The van der Waals surface area contributed by atoms with Crippen molar-refractivity contribution in [1.29, 1.82) is 0 Å². The summed E-state index contributed by atoms with van der Waals surface area (Å²) in [6.07, 6.45) is 2.97. The lowest BCUT2D eigenvalue weighted by Gasteiger charge is -2.13. The molecule has 5 heteroatoms. The van der Waals surface area contributed by atoms with Crippen LogP contribution in [0, 0.1) is 0 Å². The minimum Gasteiger partial charge on any atom is -0.304 e. The van der Waals surface area contributed by atoms with Gasteiger partial charge in [-0.05, 0) is 24.3 Å². The van der Waals surface area contributed by atoms with Gasteiger partial charge in [-0.3, -0.25) is 0 Å². The molecule has 0 bridgehead atoms. The molecular weight excluding hydrogens is 338 g/mol. The van der Waals surface area contributed by atoms with Crippen LogP contribution in [0.1, 0.15) is 5.56 Å². The number of nitrogens with one attached hydrogen (secondary N) is 1. The minimum atomic E-state index is 0.462. The zero-order valence-corrected chi connectivity index (χ0v) is 14.7. The van der Waals surface area contributed by atoms with Crippen molar-refractivity contribution >= 4 is 23.4 Å². The molecule has 0 aliphatic carbocycles. The van der Waals surface area contributed by atoms with Crippen LogP contribution in [0.25, 0.3) is 16.9 Å². The molecule has 2 aromatic carbocycles. The van der Waals surface area contributed by atoms with Crippen LogP contribution in [0.5, 0.6) is 0 Å². The van der Waals surface area contributed by atoms with E-state index in [4.69, 9.17) is 11.6 Å². The molecule has 1 aliphatic heterocycles. The number of para-hydroxylation sites is 1. The van der Waals surface area contributed by atoms with Crippen LogP contribution >= 0.6 is 23.4 Å². The van der Waals surface area contributed by atoms with Gasteiger partial charge in [0.2, 0.25) is 0 Å². The third kappa shape index (κ3) is 3.22. The van der Waals surface area contributed by atoms with Crippen molar-refractivity contribution in [2.75, 3.05) is 12.3 Å². The number of thioether (sulfide) groups is 1. The SMILES string of the molecule is Clc1ccc(-c2c(CC3NCCS3)cnn2-c2ccccc2)cc1. The molecule has 1 N–H and O–H groups in total. The first-order valence-electron chi connectivity index (χ1n) is 8.04. The summed E-state index contributed by atoms with van der Waals surface area (Å²) in [4.78, 5) is 0. The predicted molar refractivity (Wildman–Crippen MR) is 102 cm³/mol. The van der Waals surface area contributed by atoms with E-state index in [0.717, 1.165) is 34.9 Å². The summed E-state index contributed by atoms with van der Waals surface area (Å²) in [6, 6.07) is 18.3. The van der Waals surface area contributed by atoms with Gasteiger partial charge in [0.15, 0.2) is 0 Å². The number of hydrogen-bond acceptors (Lipinski definition) is 3. The van der Waals surface area contributed by atoms with E-state index >= 15 is 0 Å². The molecule has 2 heterocycles. The van der Waals surface area contributed by atoms with Crippen molar-refractivity contribution in [1.82, 2.24) is 15.1 Å². The molecule has 3 aromatic rings. The van der Waals surface area contributed by atoms with Gasteiger partial charge < -0.3 is 5.32 Å². The summed E-state index contributed by atoms with van der Waals surface area (Å²) in [7, 11) is 0. The Bertz CT molecular complexity index is 808. The summed E-state index contributed by atoms with van der Waals surface area (Å²) in [5.41, 5.74) is 4.61. The Kier molecular flexibility index (Phi) is 4.60. The van der Waals surface area contributed by atoms with Gasteiger partial charge >= 0.3 is 0 Å². The molecule has 1 fully saturated rings. The first-order chi connectivity index (χ1) is 11.8. The van der Waals surface area contributed by atoms with Gasteiger partial charge in [0.25, 0.3) is 0 Å². The molecule has 1 aliphatic rings. The second-order valence-corrected chi connectivity index (χ2v) is 7.54. The van der Waals surface area contributed by atoms with Crippen LogP contribution in [0.3, 0.4) is 0 Å². The van der Waals surface area contributed by atoms with Crippen molar-refractivity contribution in [3.63, 3.8) is 0 Å². The average molecular weight is 356 g/mol.